The van der Waals surface area contributed by atoms with Crippen molar-refractivity contribution in [2.45, 2.75) is 229 Å². The number of unbranched alkanes of at least 4 members (excludes halogenated alkanes) is 19. The molecule has 11 atom stereocenters. The van der Waals surface area contributed by atoms with Gasteiger partial charge in [-0.2, -0.15) is 0 Å². The Hall–Kier alpha value is -1.50. The average molecular weight is 823 g/mol. The maximum Gasteiger partial charge on any atom is 0.306 e. The van der Waals surface area contributed by atoms with E-state index in [1.165, 1.54) is 83.5 Å². The highest BCUT2D eigenvalue weighted by molar-refractivity contribution is 5.70. The van der Waals surface area contributed by atoms with Crippen molar-refractivity contribution in [2.24, 2.45) is 0 Å². The van der Waals surface area contributed by atoms with Crippen LogP contribution in [0.25, 0.3) is 0 Å². The van der Waals surface area contributed by atoms with Crippen LogP contribution in [0.2, 0.25) is 0 Å². The van der Waals surface area contributed by atoms with E-state index in [-0.39, 0.29) is 26.1 Å². The first kappa shape index (κ1) is 51.6. The number of rotatable bonds is 33. The lowest BCUT2D eigenvalue weighted by Gasteiger charge is -2.42. The summed E-state index contributed by atoms with van der Waals surface area (Å²) in [5.74, 6) is -0.921. The van der Waals surface area contributed by atoms with Gasteiger partial charge in [-0.3, -0.25) is 9.59 Å². The van der Waals surface area contributed by atoms with Crippen molar-refractivity contribution in [3.05, 3.63) is 0 Å². The normalized spacial score (nSPS) is 28.3. The van der Waals surface area contributed by atoms with Crippen molar-refractivity contribution in [1.82, 2.24) is 0 Å². The number of esters is 2. The van der Waals surface area contributed by atoms with Gasteiger partial charge in [0.05, 0.1) is 19.8 Å². The molecule has 2 aliphatic heterocycles. The fourth-order valence-corrected chi connectivity index (χ4v) is 7.10. The molecule has 4 unspecified atom stereocenters. The zero-order chi connectivity index (χ0) is 41.8. The Kier molecular flexibility index (Phi) is 28.4. The van der Waals surface area contributed by atoms with E-state index in [1.54, 1.807) is 0 Å². The van der Waals surface area contributed by atoms with Gasteiger partial charge in [-0.05, 0) is 12.8 Å². The standard InChI is InChI=1S/C42H78O15/c1-3-5-7-9-11-13-15-17-19-21-23-25-34(45)55-30(27-52-33(44)24-22-20-18-16-14-12-10-8-6-4-2)28-53-41-40(51)38(49)36(47)32(57-41)29-54-42-39(50)37(48)35(46)31(26-43)56-42/h30-32,35-43,46-51H,3-29H2,1-2H3/t30-,31-,32-,35+,36+,37?,38?,39?,40?,41-,42-/m1/s1. The van der Waals surface area contributed by atoms with Crippen LogP contribution in [0.4, 0.5) is 0 Å². The Bertz CT molecular complexity index is 1020. The summed E-state index contributed by atoms with van der Waals surface area (Å²) in [7, 11) is 0. The Morgan fingerprint density at radius 3 is 1.37 bits per heavy atom. The molecule has 2 saturated heterocycles. The molecule has 0 spiro atoms. The predicted octanol–water partition coefficient (Wildman–Crippen LogP) is 4.09. The lowest BCUT2D eigenvalue weighted by molar-refractivity contribution is -0.332. The third-order valence-electron chi connectivity index (χ3n) is 10.8. The summed E-state index contributed by atoms with van der Waals surface area (Å²) in [5, 5.41) is 71.7. The molecule has 0 aromatic carbocycles. The highest BCUT2D eigenvalue weighted by Gasteiger charge is 2.47. The maximum atomic E-state index is 12.9. The van der Waals surface area contributed by atoms with Gasteiger partial charge in [0, 0.05) is 12.8 Å². The summed E-state index contributed by atoms with van der Waals surface area (Å²) in [5.41, 5.74) is 0. The molecule has 0 saturated carbocycles. The van der Waals surface area contributed by atoms with Crippen molar-refractivity contribution in [3.8, 4) is 0 Å². The van der Waals surface area contributed by atoms with Crippen molar-refractivity contribution in [2.75, 3.05) is 26.4 Å². The van der Waals surface area contributed by atoms with Crippen LogP contribution in [-0.4, -0.2) is 142 Å². The SMILES string of the molecule is CCCCCCCCCCCCCC(=O)O[C@H](COC(=O)CCCCCCCCCCCC)CO[C@@H]1O[C@H](CO[C@@H]2O[C@H](CO)[C@H](O)C(O)C2O)[C@H](O)C(O)C1O. The van der Waals surface area contributed by atoms with Crippen molar-refractivity contribution < 1.29 is 73.8 Å². The fourth-order valence-electron chi connectivity index (χ4n) is 7.10. The molecule has 0 aliphatic carbocycles. The number of hydrogen-bond donors (Lipinski definition) is 7. The second kappa shape index (κ2) is 31.4. The van der Waals surface area contributed by atoms with Crippen LogP contribution >= 0.6 is 0 Å². The topological polar surface area (TPSA) is 231 Å². The molecule has 2 aliphatic rings. The lowest BCUT2D eigenvalue weighted by atomic mass is 9.98. The Morgan fingerprint density at radius 1 is 0.491 bits per heavy atom. The van der Waals surface area contributed by atoms with Crippen LogP contribution in [0.15, 0.2) is 0 Å². The highest BCUT2D eigenvalue weighted by Crippen LogP contribution is 2.26. The maximum absolute atomic E-state index is 12.9. The molecule has 0 aromatic rings. The molecule has 336 valence electrons. The van der Waals surface area contributed by atoms with Gasteiger partial charge in [0.1, 0.15) is 55.4 Å². The van der Waals surface area contributed by atoms with E-state index >= 15 is 0 Å². The molecule has 0 amide bonds. The second-order valence-electron chi connectivity index (χ2n) is 15.9. The zero-order valence-electron chi connectivity index (χ0n) is 34.8. The first-order chi connectivity index (χ1) is 27.5. The van der Waals surface area contributed by atoms with Crippen LogP contribution in [0, 0.1) is 0 Å². The molecule has 0 radical (unpaired) electrons. The summed E-state index contributed by atoms with van der Waals surface area (Å²) < 4.78 is 33.4. The highest BCUT2D eigenvalue weighted by atomic mass is 16.7. The van der Waals surface area contributed by atoms with Gasteiger partial charge >= 0.3 is 11.9 Å². The van der Waals surface area contributed by atoms with Crippen LogP contribution in [0.3, 0.4) is 0 Å². The van der Waals surface area contributed by atoms with Gasteiger partial charge in [-0.1, -0.05) is 136 Å². The predicted molar refractivity (Wildman–Crippen MR) is 211 cm³/mol. The number of ether oxygens (including phenoxy) is 6. The molecule has 15 heteroatoms. The molecular weight excluding hydrogens is 744 g/mol. The van der Waals surface area contributed by atoms with Crippen molar-refractivity contribution in [1.29, 1.82) is 0 Å². The van der Waals surface area contributed by atoms with Crippen LogP contribution in [0.5, 0.6) is 0 Å². The molecular formula is C42H78O15. The molecule has 0 bridgehead atoms. The monoisotopic (exact) mass is 823 g/mol. The molecule has 15 nitrogen and oxygen atoms in total. The quantitative estimate of drug-likeness (QED) is 0.0365. The van der Waals surface area contributed by atoms with Crippen molar-refractivity contribution >= 4 is 11.9 Å². The molecule has 2 rings (SSSR count). The Balaban J connectivity index is 1.87. The molecule has 2 fully saturated rings. The number of aliphatic hydroxyl groups excluding tert-OH is 7. The summed E-state index contributed by atoms with van der Waals surface area (Å²) in [6, 6.07) is 0. The van der Waals surface area contributed by atoms with E-state index < -0.39 is 92.7 Å². The van der Waals surface area contributed by atoms with E-state index in [0.29, 0.717) is 12.8 Å². The third kappa shape index (κ3) is 21.0. The lowest BCUT2D eigenvalue weighted by Crippen LogP contribution is -2.61. The summed E-state index contributed by atoms with van der Waals surface area (Å²) in [6.45, 7) is 2.55. The first-order valence-corrected chi connectivity index (χ1v) is 22.1. The largest absolute Gasteiger partial charge is 0.462 e. The second-order valence-corrected chi connectivity index (χ2v) is 15.9. The Morgan fingerprint density at radius 2 is 0.895 bits per heavy atom. The number of aliphatic hydroxyl groups is 7. The molecule has 0 aromatic heterocycles. The average Bonchev–Trinajstić information content (AvgIpc) is 3.20. The van der Waals surface area contributed by atoms with Crippen LogP contribution in [0.1, 0.15) is 162 Å². The van der Waals surface area contributed by atoms with Gasteiger partial charge in [-0.15, -0.1) is 0 Å². The number of carbonyl (C=O) groups excluding carboxylic acids is 2. The molecule has 57 heavy (non-hydrogen) atoms. The summed E-state index contributed by atoms with van der Waals surface area (Å²) in [6.07, 6.45) is 7.30. The van der Waals surface area contributed by atoms with Gasteiger partial charge in [0.15, 0.2) is 18.7 Å². The van der Waals surface area contributed by atoms with Gasteiger partial charge in [0.2, 0.25) is 0 Å². The van der Waals surface area contributed by atoms with Crippen molar-refractivity contribution in [3.63, 3.8) is 0 Å². The molecule has 7 N–H and O–H groups in total. The van der Waals surface area contributed by atoms with Crippen LogP contribution < -0.4 is 0 Å². The molecule has 2 heterocycles. The minimum Gasteiger partial charge on any atom is -0.462 e. The minimum atomic E-state index is -1.76. The van der Waals surface area contributed by atoms with Gasteiger partial charge in [-0.25, -0.2) is 0 Å². The Labute approximate surface area is 340 Å². The van der Waals surface area contributed by atoms with E-state index in [1.807, 2.05) is 0 Å². The fraction of sp³-hybridized carbons (Fsp3) is 0.952. The van der Waals surface area contributed by atoms with E-state index in [4.69, 9.17) is 28.4 Å². The third-order valence-corrected chi connectivity index (χ3v) is 10.8. The van der Waals surface area contributed by atoms with Crippen LogP contribution in [-0.2, 0) is 38.0 Å². The van der Waals surface area contributed by atoms with E-state index in [9.17, 15) is 45.3 Å². The smallest absolute Gasteiger partial charge is 0.306 e. The minimum absolute atomic E-state index is 0.172. The van der Waals surface area contributed by atoms with E-state index in [2.05, 4.69) is 13.8 Å². The number of carbonyl (C=O) groups is 2. The van der Waals surface area contributed by atoms with Gasteiger partial charge in [0.25, 0.3) is 0 Å². The number of hydrogen-bond acceptors (Lipinski definition) is 15. The van der Waals surface area contributed by atoms with E-state index in [0.717, 1.165) is 38.5 Å². The summed E-state index contributed by atoms with van der Waals surface area (Å²) in [4.78, 5) is 25.5. The first-order valence-electron chi connectivity index (χ1n) is 22.1. The zero-order valence-corrected chi connectivity index (χ0v) is 34.8. The summed E-state index contributed by atoms with van der Waals surface area (Å²) >= 11 is 0. The van der Waals surface area contributed by atoms with Gasteiger partial charge < -0.3 is 64.2 Å².